The Balaban J connectivity index is 1.14. The van der Waals surface area contributed by atoms with Crippen molar-refractivity contribution in [2.24, 2.45) is 0 Å². The van der Waals surface area contributed by atoms with Crippen molar-refractivity contribution in [1.29, 1.82) is 0 Å². The Bertz CT molecular complexity index is 2140. The lowest BCUT2D eigenvalue weighted by Crippen LogP contribution is -2.02. The Morgan fingerprint density at radius 2 is 1.50 bits per heavy atom. The van der Waals surface area contributed by atoms with Crippen LogP contribution in [0.5, 0.6) is 0 Å². The van der Waals surface area contributed by atoms with E-state index in [4.69, 9.17) is 9.40 Å². The van der Waals surface area contributed by atoms with E-state index in [0.29, 0.717) is 5.89 Å². The SMILES string of the molecule is Cc1ccc(-c2ccc3nc(-c4ccc(-c5ccc6c(c5)c5c(n6-c6ccccc6)CCC=C5)cc4)oc3c2)c(C)c1. The predicted octanol–water partition coefficient (Wildman–Crippen LogP) is 10.3. The molecule has 0 amide bonds. The molecule has 0 bridgehead atoms. The van der Waals surface area contributed by atoms with Crippen LogP contribution in [0.2, 0.25) is 0 Å². The molecule has 0 aliphatic heterocycles. The maximum absolute atomic E-state index is 6.27. The van der Waals surface area contributed by atoms with Gasteiger partial charge in [-0.05, 0) is 103 Å². The number of nitrogens with zero attached hydrogens (tertiary/aromatic N) is 2. The summed E-state index contributed by atoms with van der Waals surface area (Å²) in [6, 6.07) is 38.9. The van der Waals surface area contributed by atoms with E-state index in [1.807, 2.05) is 0 Å². The zero-order chi connectivity index (χ0) is 28.2. The van der Waals surface area contributed by atoms with Gasteiger partial charge in [-0.25, -0.2) is 4.98 Å². The average Bonchev–Trinajstić information content (AvgIpc) is 3.60. The molecule has 1 aliphatic rings. The lowest BCUT2D eigenvalue weighted by atomic mass is 9.98. The number of benzene rings is 5. The summed E-state index contributed by atoms with van der Waals surface area (Å²) in [5.41, 5.74) is 15.1. The molecule has 0 unspecified atom stereocenters. The molecule has 3 nitrogen and oxygen atoms in total. The van der Waals surface area contributed by atoms with Crippen LogP contribution in [0.15, 0.2) is 120 Å². The summed E-state index contributed by atoms with van der Waals surface area (Å²) >= 11 is 0. The first-order chi connectivity index (χ1) is 20.6. The number of aryl methyl sites for hydroxylation is 2. The molecule has 0 atom stereocenters. The molecule has 2 heterocycles. The predicted molar refractivity (Wildman–Crippen MR) is 174 cm³/mol. The van der Waals surface area contributed by atoms with Crippen molar-refractivity contribution in [3.8, 4) is 39.4 Å². The molecule has 2 aromatic heterocycles. The van der Waals surface area contributed by atoms with E-state index in [9.17, 15) is 0 Å². The molecule has 202 valence electrons. The number of hydrogen-bond acceptors (Lipinski definition) is 2. The number of oxazole rings is 1. The van der Waals surface area contributed by atoms with Crippen LogP contribution in [0.1, 0.15) is 28.8 Å². The summed E-state index contributed by atoms with van der Waals surface area (Å²) in [4.78, 5) is 4.80. The fraction of sp³-hybridized carbons (Fsp3) is 0.103. The fourth-order valence-corrected chi connectivity index (χ4v) is 6.43. The molecule has 5 aromatic carbocycles. The minimum Gasteiger partial charge on any atom is -0.436 e. The van der Waals surface area contributed by atoms with Crippen LogP contribution < -0.4 is 0 Å². The summed E-state index contributed by atoms with van der Waals surface area (Å²) in [5, 5.41) is 1.30. The molecule has 7 aromatic rings. The van der Waals surface area contributed by atoms with Crippen molar-refractivity contribution in [3.05, 3.63) is 138 Å². The van der Waals surface area contributed by atoms with Gasteiger partial charge in [0.25, 0.3) is 0 Å². The van der Waals surface area contributed by atoms with Crippen molar-refractivity contribution >= 4 is 28.1 Å². The minimum absolute atomic E-state index is 0.643. The van der Waals surface area contributed by atoms with E-state index in [-0.39, 0.29) is 0 Å². The number of hydrogen-bond donors (Lipinski definition) is 0. The van der Waals surface area contributed by atoms with Crippen molar-refractivity contribution in [3.63, 3.8) is 0 Å². The standard InChI is InChI=1S/C39H30N2O/c1-25-12-19-32(26(2)22-25)30-17-20-35-38(24-30)42-39(40-35)28-15-13-27(14-16-28)29-18-21-37-34(23-29)33-10-6-7-11-36(33)41(37)31-8-4-3-5-9-31/h3-6,8-10,12-24H,7,11H2,1-2H3. The van der Waals surface area contributed by atoms with Gasteiger partial charge in [-0.1, -0.05) is 78.4 Å². The molecule has 0 spiro atoms. The molecule has 3 heteroatoms. The van der Waals surface area contributed by atoms with Gasteiger partial charge in [0, 0.05) is 27.9 Å². The Labute approximate surface area is 245 Å². The highest BCUT2D eigenvalue weighted by molar-refractivity contribution is 5.96. The Hall–Kier alpha value is -5.15. The van der Waals surface area contributed by atoms with Gasteiger partial charge in [0.1, 0.15) is 5.52 Å². The van der Waals surface area contributed by atoms with Gasteiger partial charge >= 0.3 is 0 Å². The third kappa shape index (κ3) is 4.09. The summed E-state index contributed by atoms with van der Waals surface area (Å²) in [6.45, 7) is 4.28. The monoisotopic (exact) mass is 542 g/mol. The van der Waals surface area contributed by atoms with Crippen LogP contribution in [0, 0.1) is 13.8 Å². The lowest BCUT2D eigenvalue weighted by Gasteiger charge is -2.13. The second-order valence-corrected chi connectivity index (χ2v) is 11.3. The van der Waals surface area contributed by atoms with E-state index in [1.165, 1.54) is 55.7 Å². The Kier molecular flexibility index (Phi) is 5.71. The molecule has 1 aliphatic carbocycles. The van der Waals surface area contributed by atoms with Crippen LogP contribution >= 0.6 is 0 Å². The second kappa shape index (κ2) is 9.74. The molecular formula is C39H30N2O. The minimum atomic E-state index is 0.643. The third-order valence-electron chi connectivity index (χ3n) is 8.50. The van der Waals surface area contributed by atoms with Crippen LogP contribution in [0.3, 0.4) is 0 Å². The zero-order valence-electron chi connectivity index (χ0n) is 23.8. The normalized spacial score (nSPS) is 12.7. The van der Waals surface area contributed by atoms with Crippen LogP contribution in [-0.2, 0) is 6.42 Å². The van der Waals surface area contributed by atoms with E-state index >= 15 is 0 Å². The number of allylic oxidation sites excluding steroid dienone is 1. The van der Waals surface area contributed by atoms with Crippen LogP contribution in [0.4, 0.5) is 0 Å². The average molecular weight is 543 g/mol. The smallest absolute Gasteiger partial charge is 0.227 e. The van der Waals surface area contributed by atoms with E-state index in [2.05, 4.69) is 140 Å². The van der Waals surface area contributed by atoms with Gasteiger partial charge < -0.3 is 8.98 Å². The van der Waals surface area contributed by atoms with Crippen LogP contribution in [-0.4, -0.2) is 9.55 Å². The number of rotatable bonds is 4. The van der Waals surface area contributed by atoms with Crippen LogP contribution in [0.25, 0.3) is 67.5 Å². The van der Waals surface area contributed by atoms with Gasteiger partial charge in [0.2, 0.25) is 5.89 Å². The summed E-state index contributed by atoms with van der Waals surface area (Å²) < 4.78 is 8.70. The van der Waals surface area contributed by atoms with E-state index in [0.717, 1.165) is 35.1 Å². The second-order valence-electron chi connectivity index (χ2n) is 11.3. The lowest BCUT2D eigenvalue weighted by molar-refractivity contribution is 0.620. The van der Waals surface area contributed by atoms with Crippen molar-refractivity contribution in [2.75, 3.05) is 0 Å². The Morgan fingerprint density at radius 1 is 0.714 bits per heavy atom. The highest BCUT2D eigenvalue weighted by Crippen LogP contribution is 2.37. The Morgan fingerprint density at radius 3 is 2.33 bits per heavy atom. The highest BCUT2D eigenvalue weighted by atomic mass is 16.3. The topological polar surface area (TPSA) is 31.0 Å². The molecule has 0 N–H and O–H groups in total. The molecule has 0 saturated heterocycles. The quantitative estimate of drug-likeness (QED) is 0.221. The first-order valence-corrected chi connectivity index (χ1v) is 14.6. The molecule has 0 radical (unpaired) electrons. The maximum Gasteiger partial charge on any atom is 0.227 e. The summed E-state index contributed by atoms with van der Waals surface area (Å²) in [6.07, 6.45) is 6.72. The van der Waals surface area contributed by atoms with Crippen molar-refractivity contribution < 1.29 is 4.42 Å². The van der Waals surface area contributed by atoms with Gasteiger partial charge in [-0.3, -0.25) is 0 Å². The first kappa shape index (κ1) is 24.6. The number of fused-ring (bicyclic) bond motifs is 4. The molecule has 42 heavy (non-hydrogen) atoms. The number of para-hydroxylation sites is 1. The van der Waals surface area contributed by atoms with Gasteiger partial charge in [0.05, 0.1) is 5.52 Å². The maximum atomic E-state index is 6.27. The van der Waals surface area contributed by atoms with Gasteiger partial charge in [0.15, 0.2) is 5.58 Å². The van der Waals surface area contributed by atoms with Gasteiger partial charge in [-0.15, -0.1) is 0 Å². The summed E-state index contributed by atoms with van der Waals surface area (Å²) in [5.74, 6) is 0.643. The van der Waals surface area contributed by atoms with E-state index in [1.54, 1.807) is 0 Å². The largest absolute Gasteiger partial charge is 0.436 e. The van der Waals surface area contributed by atoms with Crippen molar-refractivity contribution in [1.82, 2.24) is 9.55 Å². The third-order valence-corrected chi connectivity index (χ3v) is 8.50. The molecule has 0 saturated carbocycles. The first-order valence-electron chi connectivity index (χ1n) is 14.6. The summed E-state index contributed by atoms with van der Waals surface area (Å²) in [7, 11) is 0. The van der Waals surface area contributed by atoms with Gasteiger partial charge in [-0.2, -0.15) is 0 Å². The molecular weight excluding hydrogens is 512 g/mol. The molecule has 8 rings (SSSR count). The molecule has 0 fully saturated rings. The fourth-order valence-electron chi connectivity index (χ4n) is 6.43. The highest BCUT2D eigenvalue weighted by Gasteiger charge is 2.19. The zero-order valence-corrected chi connectivity index (χ0v) is 23.8. The van der Waals surface area contributed by atoms with E-state index < -0.39 is 0 Å². The van der Waals surface area contributed by atoms with Crippen molar-refractivity contribution in [2.45, 2.75) is 26.7 Å². The number of aromatic nitrogens is 2.